The summed E-state index contributed by atoms with van der Waals surface area (Å²) in [6.45, 7) is 4.98. The summed E-state index contributed by atoms with van der Waals surface area (Å²) in [4.78, 5) is 23.0. The van der Waals surface area contributed by atoms with Crippen molar-refractivity contribution in [2.75, 3.05) is 10.8 Å². The predicted molar refractivity (Wildman–Crippen MR) is 130 cm³/mol. The van der Waals surface area contributed by atoms with Crippen molar-refractivity contribution in [2.24, 2.45) is 5.10 Å². The van der Waals surface area contributed by atoms with Crippen molar-refractivity contribution < 1.29 is 18.1 Å². The van der Waals surface area contributed by atoms with Gasteiger partial charge in [-0.3, -0.25) is 19.2 Å². The van der Waals surface area contributed by atoms with Gasteiger partial charge in [0.05, 0.1) is 21.7 Å². The molecule has 34 heavy (non-hydrogen) atoms. The topological polar surface area (TPSA) is 122 Å². The molecule has 0 spiro atoms. The van der Waals surface area contributed by atoms with Crippen LogP contribution in [0.15, 0.2) is 76.7 Å². The van der Waals surface area contributed by atoms with Crippen molar-refractivity contribution in [3.8, 4) is 0 Å². The molecule has 9 nitrogen and oxygen atoms in total. The van der Waals surface area contributed by atoms with Crippen molar-refractivity contribution >= 4 is 33.5 Å². The van der Waals surface area contributed by atoms with Gasteiger partial charge in [0, 0.05) is 12.1 Å². The normalized spacial score (nSPS) is 11.4. The number of hydrogen-bond acceptors (Lipinski definition) is 6. The Balaban J connectivity index is 1.85. The SMILES string of the molecule is Cc1ccc(S(=O)(=O)N(CC(=O)N/N=C\c2ccc([N+](=O)[O-])cc2)c2cc(C)ccc2C)cc1. The highest BCUT2D eigenvalue weighted by molar-refractivity contribution is 7.92. The average molecular weight is 481 g/mol. The van der Waals surface area contributed by atoms with Gasteiger partial charge in [-0.2, -0.15) is 5.10 Å². The predicted octanol–water partition coefficient (Wildman–Crippen LogP) is 3.87. The monoisotopic (exact) mass is 480 g/mol. The molecule has 0 aliphatic heterocycles. The van der Waals surface area contributed by atoms with Crippen molar-refractivity contribution in [2.45, 2.75) is 25.7 Å². The molecule has 1 N–H and O–H groups in total. The summed E-state index contributed by atoms with van der Waals surface area (Å²) in [5, 5.41) is 14.6. The van der Waals surface area contributed by atoms with E-state index in [4.69, 9.17) is 0 Å². The Kier molecular flexibility index (Phi) is 7.42. The van der Waals surface area contributed by atoms with Crippen LogP contribution in [0.5, 0.6) is 0 Å². The molecule has 10 heteroatoms. The van der Waals surface area contributed by atoms with E-state index in [1.165, 1.54) is 42.6 Å². The number of anilines is 1. The fourth-order valence-corrected chi connectivity index (χ4v) is 4.63. The summed E-state index contributed by atoms with van der Waals surface area (Å²) in [6.07, 6.45) is 1.32. The van der Waals surface area contributed by atoms with E-state index in [1.54, 1.807) is 31.2 Å². The van der Waals surface area contributed by atoms with Crippen LogP contribution in [0.25, 0.3) is 0 Å². The Hall–Kier alpha value is -4.05. The van der Waals surface area contributed by atoms with Crippen LogP contribution in [0.4, 0.5) is 11.4 Å². The standard InChI is InChI=1S/C24H24N4O5S/c1-17-5-12-22(13-6-17)34(32,33)27(23-14-18(2)4-7-19(23)3)16-24(29)26-25-15-20-8-10-21(11-9-20)28(30)31/h4-15H,16H2,1-3H3,(H,26,29)/b25-15-. The van der Waals surface area contributed by atoms with E-state index in [1.807, 2.05) is 19.9 Å². The molecule has 0 radical (unpaired) electrons. The second-order valence-electron chi connectivity index (χ2n) is 7.76. The molecule has 3 aromatic carbocycles. The smallest absolute Gasteiger partial charge is 0.269 e. The molecule has 0 aliphatic rings. The van der Waals surface area contributed by atoms with E-state index in [9.17, 15) is 23.3 Å². The van der Waals surface area contributed by atoms with Crippen molar-refractivity contribution in [1.82, 2.24) is 5.43 Å². The summed E-state index contributed by atoms with van der Waals surface area (Å²) in [5.74, 6) is -0.644. The van der Waals surface area contributed by atoms with Crippen LogP contribution in [0, 0.1) is 30.9 Å². The second-order valence-corrected chi connectivity index (χ2v) is 9.62. The third-order valence-electron chi connectivity index (χ3n) is 5.04. The molecule has 0 aliphatic carbocycles. The highest BCUT2D eigenvalue weighted by Crippen LogP contribution is 2.28. The molecule has 0 saturated carbocycles. The number of nitro groups is 1. The molecule has 0 atom stereocenters. The number of non-ortho nitro benzene ring substituents is 1. The van der Waals surface area contributed by atoms with E-state index in [-0.39, 0.29) is 10.6 Å². The van der Waals surface area contributed by atoms with Gasteiger partial charge in [0.1, 0.15) is 6.54 Å². The number of nitro benzene ring substituents is 1. The summed E-state index contributed by atoms with van der Waals surface area (Å²) in [5.41, 5.74) is 5.65. The van der Waals surface area contributed by atoms with Gasteiger partial charge in [-0.15, -0.1) is 0 Å². The zero-order valence-electron chi connectivity index (χ0n) is 18.9. The first-order valence-corrected chi connectivity index (χ1v) is 11.7. The van der Waals surface area contributed by atoms with Crippen LogP contribution in [-0.2, 0) is 14.8 Å². The lowest BCUT2D eigenvalue weighted by Crippen LogP contribution is -2.40. The van der Waals surface area contributed by atoms with E-state index in [0.717, 1.165) is 15.4 Å². The zero-order valence-corrected chi connectivity index (χ0v) is 19.7. The maximum Gasteiger partial charge on any atom is 0.269 e. The number of rotatable bonds is 8. The Labute approximate surface area is 197 Å². The van der Waals surface area contributed by atoms with Crippen LogP contribution in [0.1, 0.15) is 22.3 Å². The first kappa shape index (κ1) is 24.6. The fourth-order valence-electron chi connectivity index (χ4n) is 3.15. The molecular weight excluding hydrogens is 456 g/mol. The van der Waals surface area contributed by atoms with Gasteiger partial charge >= 0.3 is 0 Å². The van der Waals surface area contributed by atoms with Gasteiger partial charge in [0.2, 0.25) is 0 Å². The van der Waals surface area contributed by atoms with Gasteiger partial charge in [-0.05, 0) is 67.8 Å². The lowest BCUT2D eigenvalue weighted by atomic mass is 10.1. The number of amides is 1. The van der Waals surface area contributed by atoms with Gasteiger partial charge in [0.15, 0.2) is 0 Å². The Morgan fingerprint density at radius 3 is 2.24 bits per heavy atom. The Bertz CT molecular complexity index is 1330. The fraction of sp³-hybridized carbons (Fsp3) is 0.167. The molecule has 0 saturated heterocycles. The minimum atomic E-state index is -4.04. The molecule has 0 unspecified atom stereocenters. The van der Waals surface area contributed by atoms with Crippen LogP contribution >= 0.6 is 0 Å². The van der Waals surface area contributed by atoms with Gasteiger partial charge < -0.3 is 0 Å². The number of benzene rings is 3. The maximum atomic E-state index is 13.5. The van der Waals surface area contributed by atoms with Gasteiger partial charge in [0.25, 0.3) is 21.6 Å². The maximum absolute atomic E-state index is 13.5. The molecule has 3 rings (SSSR count). The summed E-state index contributed by atoms with van der Waals surface area (Å²) in [7, 11) is -4.04. The molecule has 0 heterocycles. The highest BCUT2D eigenvalue weighted by Gasteiger charge is 2.28. The summed E-state index contributed by atoms with van der Waals surface area (Å²) < 4.78 is 28.0. The number of aryl methyl sites for hydroxylation is 3. The average Bonchev–Trinajstić information content (AvgIpc) is 2.80. The molecule has 0 aromatic heterocycles. The largest absolute Gasteiger partial charge is 0.271 e. The molecule has 0 fully saturated rings. The minimum absolute atomic E-state index is 0.0633. The third kappa shape index (κ3) is 5.84. The number of sulfonamides is 1. The molecule has 3 aromatic rings. The summed E-state index contributed by atoms with van der Waals surface area (Å²) in [6, 6.07) is 17.4. The molecule has 176 valence electrons. The minimum Gasteiger partial charge on any atom is -0.271 e. The van der Waals surface area contributed by atoms with E-state index in [0.29, 0.717) is 16.8 Å². The highest BCUT2D eigenvalue weighted by atomic mass is 32.2. The van der Waals surface area contributed by atoms with Crippen molar-refractivity contribution in [3.63, 3.8) is 0 Å². The van der Waals surface area contributed by atoms with Crippen LogP contribution in [-0.4, -0.2) is 32.0 Å². The molecular formula is C24H24N4O5S. The number of nitrogens with one attached hydrogen (secondary N) is 1. The number of hydrazone groups is 1. The number of carbonyl (C=O) groups excluding carboxylic acids is 1. The first-order chi connectivity index (χ1) is 16.1. The van der Waals surface area contributed by atoms with Crippen LogP contribution < -0.4 is 9.73 Å². The van der Waals surface area contributed by atoms with Crippen LogP contribution in [0.3, 0.4) is 0 Å². The Morgan fingerprint density at radius 1 is 1.00 bits per heavy atom. The van der Waals surface area contributed by atoms with Gasteiger partial charge in [-0.25, -0.2) is 13.8 Å². The lowest BCUT2D eigenvalue weighted by molar-refractivity contribution is -0.384. The Morgan fingerprint density at radius 2 is 1.62 bits per heavy atom. The number of hydrogen-bond donors (Lipinski definition) is 1. The lowest BCUT2D eigenvalue weighted by Gasteiger charge is -2.25. The van der Waals surface area contributed by atoms with Crippen molar-refractivity contribution in [3.05, 3.63) is 99.1 Å². The first-order valence-electron chi connectivity index (χ1n) is 10.3. The number of carbonyl (C=O) groups is 1. The zero-order chi connectivity index (χ0) is 24.9. The molecule has 1 amide bonds. The van der Waals surface area contributed by atoms with E-state index in [2.05, 4.69) is 10.5 Å². The quantitative estimate of drug-likeness (QED) is 0.298. The molecule has 0 bridgehead atoms. The third-order valence-corrected chi connectivity index (χ3v) is 6.81. The van der Waals surface area contributed by atoms with E-state index >= 15 is 0 Å². The van der Waals surface area contributed by atoms with Crippen LogP contribution in [0.2, 0.25) is 0 Å². The summed E-state index contributed by atoms with van der Waals surface area (Å²) >= 11 is 0. The van der Waals surface area contributed by atoms with E-state index < -0.39 is 27.4 Å². The second kappa shape index (κ2) is 10.3. The van der Waals surface area contributed by atoms with Gasteiger partial charge in [-0.1, -0.05) is 29.8 Å². The number of nitrogens with zero attached hydrogens (tertiary/aromatic N) is 3. The van der Waals surface area contributed by atoms with Crippen molar-refractivity contribution in [1.29, 1.82) is 0 Å².